The number of hydrogen-bond donors (Lipinski definition) is 4. The molecule has 6 rings (SSSR count). The van der Waals surface area contributed by atoms with Gasteiger partial charge in [0.1, 0.15) is 24.0 Å². The van der Waals surface area contributed by atoms with Crippen LogP contribution < -0.4 is 5.32 Å². The number of esters is 1. The molecule has 0 spiro atoms. The maximum atomic E-state index is 14.5. The van der Waals surface area contributed by atoms with Crippen LogP contribution in [0.2, 0.25) is 0 Å². The Labute approximate surface area is 518 Å². The van der Waals surface area contributed by atoms with E-state index in [1.807, 2.05) is 79.7 Å². The molecule has 3 fully saturated rings. The van der Waals surface area contributed by atoms with Crippen LogP contribution in [-0.4, -0.2) is 170 Å². The fraction of sp³-hybridized carbons (Fsp3) is 0.696. The van der Waals surface area contributed by atoms with E-state index in [1.54, 1.807) is 37.0 Å². The summed E-state index contributed by atoms with van der Waals surface area (Å²) in [6.07, 6.45) is 18.2. The van der Waals surface area contributed by atoms with Crippen LogP contribution in [0.25, 0.3) is 0 Å². The van der Waals surface area contributed by atoms with Crippen molar-refractivity contribution in [3.63, 3.8) is 0 Å². The van der Waals surface area contributed by atoms with E-state index >= 15 is 0 Å². The molecule has 1 aromatic rings. The maximum Gasteiger partial charge on any atom is 0.410 e. The molecule has 4 heterocycles. The number of epoxide rings is 1. The molecule has 87 heavy (non-hydrogen) atoms. The summed E-state index contributed by atoms with van der Waals surface area (Å²) in [5, 5.41) is 35.7. The summed E-state index contributed by atoms with van der Waals surface area (Å²) in [6, 6.07) is 7.84. The Hall–Kier alpha value is -5.37. The number of imide groups is 1. The van der Waals surface area contributed by atoms with Gasteiger partial charge in [0, 0.05) is 74.3 Å². The van der Waals surface area contributed by atoms with Crippen LogP contribution in [-0.2, 0) is 60.7 Å². The highest BCUT2D eigenvalue weighted by Crippen LogP contribution is 2.38. The van der Waals surface area contributed by atoms with Crippen molar-refractivity contribution in [2.45, 2.75) is 245 Å². The van der Waals surface area contributed by atoms with Gasteiger partial charge in [-0.15, -0.1) is 0 Å². The summed E-state index contributed by atoms with van der Waals surface area (Å²) in [5.41, 5.74) is 0.444. The summed E-state index contributed by atoms with van der Waals surface area (Å²) in [4.78, 5) is 94.7. The van der Waals surface area contributed by atoms with E-state index in [9.17, 15) is 48.9 Å². The molecule has 484 valence electrons. The molecule has 18 nitrogen and oxygen atoms in total. The number of quaternary nitrogens is 1. The van der Waals surface area contributed by atoms with Gasteiger partial charge in [0.2, 0.25) is 5.91 Å². The first-order valence-electron chi connectivity index (χ1n) is 32.7. The molecule has 12 atom stereocenters. The smallest absolute Gasteiger partial charge is 0.410 e. The number of allylic oxidation sites excluding steroid dienone is 2. The van der Waals surface area contributed by atoms with Gasteiger partial charge in [-0.2, -0.15) is 0 Å². The Kier molecular flexibility index (Phi) is 26.8. The van der Waals surface area contributed by atoms with E-state index in [0.29, 0.717) is 82.8 Å². The van der Waals surface area contributed by atoms with E-state index < -0.39 is 65.6 Å². The molecule has 4 N–H and O–H groups in total. The van der Waals surface area contributed by atoms with Crippen LogP contribution in [0.15, 0.2) is 72.4 Å². The lowest BCUT2D eigenvalue weighted by atomic mass is 9.88. The minimum atomic E-state index is -1.20. The SMILES string of the molecule is CCO[C@]1(C)CC[C@@H](O)CC(=O)O[C@H](/C(C)=C/C=C/[C@](C)(O)C[C@H]2O[C@@H]2[C@H](C)[C@@H](O)CC)[C@@H](C)/C=C/[C@@H]1OC(=O)N1CC[N+](Cc2ccc(CC(=O)[C@H](C)NC(=O)[C@@H](CC(=O)CCCCCN3C(=O)C=CC3=O)C(C)C)cc2)(C2CCCCCC2)CC1. The lowest BCUT2D eigenvalue weighted by molar-refractivity contribution is -0.967. The zero-order valence-corrected chi connectivity index (χ0v) is 53.9. The van der Waals surface area contributed by atoms with Gasteiger partial charge in [-0.05, 0) is 116 Å². The number of cyclic esters (lactones) is 1. The van der Waals surface area contributed by atoms with E-state index in [4.69, 9.17) is 18.9 Å². The zero-order chi connectivity index (χ0) is 63.6. The second kappa shape index (κ2) is 32.9. The first-order valence-corrected chi connectivity index (χ1v) is 32.7. The first kappa shape index (κ1) is 70.7. The molecular formula is C69H105N4O14+. The minimum absolute atomic E-state index is 0.0375. The van der Waals surface area contributed by atoms with E-state index in [2.05, 4.69) is 17.4 Å². The highest BCUT2D eigenvalue weighted by atomic mass is 16.6. The molecule has 4 aliphatic heterocycles. The third-order valence-electron chi connectivity index (χ3n) is 19.1. The summed E-state index contributed by atoms with van der Waals surface area (Å²) < 4.78 is 25.7. The Morgan fingerprint density at radius 2 is 1.57 bits per heavy atom. The standard InChI is InChI=1S/C69H104N4O14/c1-11-57(76)49(7)65-59(85-65)44-68(9,83)34-20-21-47(5)64-48(6)25-30-60(69(10,84-12-2)35-33-55(75)43-63(80)87-64)86-67(82)71-37-39-73(40-38-71,53-22-16-13-14-17-23-53)45-52-28-26-51(27-29-52)41-58(77)50(8)70-66(81)56(46(3)4)42-54(74)24-18-15-19-36-72-61(78)31-32-62(72)79/h20-21,25-32,34,46,48-50,53,55-57,59-60,64-65,75-76,83H,11-19,22-24,33,35-45H2,1-10H3/p+1/b30-25+,34-20+,47-21+/t48-,49+,50-,55+,56-,57-,59+,60-,64+,65+,68-,69+/m0/s1. The number of nitrogens with one attached hydrogen (secondary N) is 1. The van der Waals surface area contributed by atoms with Gasteiger partial charge in [0.05, 0.1) is 74.7 Å². The zero-order valence-electron chi connectivity index (χ0n) is 53.9. The predicted octanol–water partition coefficient (Wildman–Crippen LogP) is 9.14. The fourth-order valence-electron chi connectivity index (χ4n) is 13.2. The van der Waals surface area contributed by atoms with Crippen molar-refractivity contribution < 1.29 is 72.3 Å². The van der Waals surface area contributed by atoms with Gasteiger partial charge in [-0.25, -0.2) is 4.79 Å². The number of carbonyl (C=O) groups excluding carboxylic acids is 7. The molecule has 18 heteroatoms. The summed E-state index contributed by atoms with van der Waals surface area (Å²) >= 11 is 0. The van der Waals surface area contributed by atoms with Crippen LogP contribution in [0.5, 0.6) is 0 Å². The van der Waals surface area contributed by atoms with Gasteiger partial charge < -0.3 is 44.1 Å². The lowest BCUT2D eigenvalue weighted by Gasteiger charge is -2.49. The third kappa shape index (κ3) is 20.8. The molecule has 5 aliphatic rings. The number of aliphatic hydroxyl groups is 3. The molecule has 1 aromatic carbocycles. The van der Waals surface area contributed by atoms with Crippen molar-refractivity contribution in [3.05, 3.63) is 83.5 Å². The number of rotatable bonds is 28. The van der Waals surface area contributed by atoms with Gasteiger partial charge in [0.15, 0.2) is 11.9 Å². The van der Waals surface area contributed by atoms with Crippen molar-refractivity contribution in [1.82, 2.24) is 15.1 Å². The third-order valence-corrected chi connectivity index (χ3v) is 19.1. The molecule has 4 amide bonds. The Morgan fingerprint density at radius 1 is 0.920 bits per heavy atom. The number of amides is 4. The van der Waals surface area contributed by atoms with Gasteiger partial charge in [0.25, 0.3) is 11.8 Å². The number of ketones is 2. The quantitative estimate of drug-likeness (QED) is 0.00895. The molecular weight excluding hydrogens is 1110 g/mol. The number of unbranched alkanes of at least 4 members (excludes halogenated alkanes) is 2. The molecule has 0 bridgehead atoms. The van der Waals surface area contributed by atoms with Crippen LogP contribution in [0, 0.1) is 23.7 Å². The Morgan fingerprint density at radius 3 is 2.21 bits per heavy atom. The number of ether oxygens (including phenoxy) is 4. The van der Waals surface area contributed by atoms with Crippen molar-refractivity contribution in [3.8, 4) is 0 Å². The van der Waals surface area contributed by atoms with Gasteiger partial charge in [-0.3, -0.25) is 38.6 Å². The summed E-state index contributed by atoms with van der Waals surface area (Å²) in [7, 11) is 0. The predicted molar refractivity (Wildman–Crippen MR) is 332 cm³/mol. The van der Waals surface area contributed by atoms with Crippen LogP contribution in [0.3, 0.4) is 0 Å². The number of benzene rings is 1. The average Bonchev–Trinajstić information content (AvgIpc) is 2.13. The van der Waals surface area contributed by atoms with Crippen molar-refractivity contribution in [1.29, 1.82) is 0 Å². The number of Topliss-reactive ketones (excluding diaryl/α,β-unsaturated/α-hetero) is 2. The molecule has 0 unspecified atom stereocenters. The van der Waals surface area contributed by atoms with E-state index in [-0.39, 0.29) is 79.0 Å². The van der Waals surface area contributed by atoms with Gasteiger partial charge in [-0.1, -0.05) is 102 Å². The van der Waals surface area contributed by atoms with E-state index in [0.717, 1.165) is 60.9 Å². The highest BCUT2D eigenvalue weighted by molar-refractivity contribution is 6.12. The molecule has 1 aliphatic carbocycles. The monoisotopic (exact) mass is 1210 g/mol. The van der Waals surface area contributed by atoms with Gasteiger partial charge >= 0.3 is 12.1 Å². The van der Waals surface area contributed by atoms with E-state index in [1.165, 1.54) is 29.9 Å². The average molecular weight is 1210 g/mol. The van der Waals surface area contributed by atoms with Crippen LogP contribution in [0.4, 0.5) is 4.79 Å². The van der Waals surface area contributed by atoms with Crippen LogP contribution >= 0.6 is 0 Å². The number of carbonyl (C=O) groups is 7. The Balaban J connectivity index is 1.07. The highest BCUT2D eigenvalue weighted by Gasteiger charge is 2.48. The lowest BCUT2D eigenvalue weighted by Crippen LogP contribution is -2.64. The molecule has 1 saturated carbocycles. The normalized spacial score (nSPS) is 27.5. The summed E-state index contributed by atoms with van der Waals surface area (Å²) in [6.45, 7) is 22.5. The van der Waals surface area contributed by atoms with Crippen LogP contribution in [0.1, 0.15) is 183 Å². The van der Waals surface area contributed by atoms with Crippen molar-refractivity contribution in [2.75, 3.05) is 39.3 Å². The largest absolute Gasteiger partial charge is 0.457 e. The van der Waals surface area contributed by atoms with Crippen molar-refractivity contribution in [2.24, 2.45) is 23.7 Å². The number of aliphatic hydroxyl groups excluding tert-OH is 2. The second-order valence-electron chi connectivity index (χ2n) is 26.6. The second-order valence-corrected chi connectivity index (χ2v) is 26.6. The maximum absolute atomic E-state index is 14.5. The molecule has 2 saturated heterocycles. The number of nitrogens with zero attached hydrogens (tertiary/aromatic N) is 3. The van der Waals surface area contributed by atoms with Crippen molar-refractivity contribution >= 4 is 41.4 Å². The Bertz CT molecular complexity index is 2580. The minimum Gasteiger partial charge on any atom is -0.457 e. The molecule has 0 aromatic heterocycles. The first-order chi connectivity index (χ1) is 41.3. The molecule has 0 radical (unpaired) electrons. The summed E-state index contributed by atoms with van der Waals surface area (Å²) in [5.74, 6) is -2.82. The fourth-order valence-corrected chi connectivity index (χ4v) is 13.2. The topological polar surface area (TPSA) is 239 Å². The number of hydrogen-bond acceptors (Lipinski definition) is 14. The number of piperazine rings is 1.